The highest BCUT2D eigenvalue weighted by molar-refractivity contribution is 6.05. The van der Waals surface area contributed by atoms with Gasteiger partial charge in [0.15, 0.2) is 0 Å². The number of hydrogen-bond acceptors (Lipinski definition) is 4. The van der Waals surface area contributed by atoms with E-state index in [0.717, 1.165) is 38.6 Å². The first-order valence-corrected chi connectivity index (χ1v) is 9.31. The third-order valence-corrected chi connectivity index (χ3v) is 4.49. The predicted molar refractivity (Wildman–Crippen MR) is 112 cm³/mol. The van der Waals surface area contributed by atoms with Crippen molar-refractivity contribution >= 4 is 27.8 Å². The van der Waals surface area contributed by atoms with Gasteiger partial charge < -0.3 is 4.74 Å². The molecule has 2 aromatic carbocycles. The van der Waals surface area contributed by atoms with Crippen molar-refractivity contribution in [2.75, 3.05) is 0 Å². The zero-order chi connectivity index (χ0) is 19.9. The molecule has 0 atom stereocenters. The molecule has 4 aromatic rings. The van der Waals surface area contributed by atoms with Crippen LogP contribution in [0.1, 0.15) is 36.8 Å². The zero-order valence-electron chi connectivity index (χ0n) is 16.5. The van der Waals surface area contributed by atoms with Crippen LogP contribution in [0.2, 0.25) is 0 Å². The van der Waals surface area contributed by atoms with E-state index in [1.54, 1.807) is 12.3 Å². The van der Waals surface area contributed by atoms with E-state index >= 15 is 0 Å². The summed E-state index contributed by atoms with van der Waals surface area (Å²) in [6.07, 6.45) is 1.80. The number of para-hydroxylation sites is 1. The number of esters is 1. The number of ether oxygens (including phenoxy) is 1. The number of rotatable bonds is 2. The molecule has 0 radical (unpaired) electrons. The largest absolute Gasteiger partial charge is 0.456 e. The minimum atomic E-state index is -0.542. The average Bonchev–Trinajstić information content (AvgIpc) is 2.65. The van der Waals surface area contributed by atoms with Crippen molar-refractivity contribution in [1.82, 2.24) is 9.97 Å². The second-order valence-corrected chi connectivity index (χ2v) is 7.93. The second kappa shape index (κ2) is 6.71. The van der Waals surface area contributed by atoms with Crippen LogP contribution in [0.25, 0.3) is 32.9 Å². The van der Waals surface area contributed by atoms with Crippen LogP contribution in [0, 0.1) is 6.92 Å². The highest BCUT2D eigenvalue weighted by Crippen LogP contribution is 2.33. The first-order valence-electron chi connectivity index (χ1n) is 9.31. The molecular weight excluding hydrogens is 348 g/mol. The van der Waals surface area contributed by atoms with E-state index in [1.807, 2.05) is 70.2 Å². The minimum Gasteiger partial charge on any atom is -0.456 e. The number of carbonyl (C=O) groups is 1. The number of benzene rings is 2. The zero-order valence-corrected chi connectivity index (χ0v) is 16.5. The summed E-state index contributed by atoms with van der Waals surface area (Å²) in [4.78, 5) is 21.8. The lowest BCUT2D eigenvalue weighted by Crippen LogP contribution is -2.23. The van der Waals surface area contributed by atoms with Gasteiger partial charge in [-0.25, -0.2) is 4.79 Å². The summed E-state index contributed by atoms with van der Waals surface area (Å²) in [6.45, 7) is 7.57. The summed E-state index contributed by atoms with van der Waals surface area (Å²) in [5.74, 6) is -0.336. The van der Waals surface area contributed by atoms with Gasteiger partial charge in [0.25, 0.3) is 0 Å². The van der Waals surface area contributed by atoms with Gasteiger partial charge in [-0.2, -0.15) is 0 Å². The third-order valence-electron chi connectivity index (χ3n) is 4.49. The molecule has 0 spiro atoms. The smallest absolute Gasteiger partial charge is 0.338 e. The standard InChI is InChI=1S/C24H22N2O2/c1-15-13-19(18-9-5-7-16-8-6-12-25-22(16)18)20-14-17(10-11-21(20)26-15)23(27)28-24(2,3)4/h5-14H,1-4H3. The molecule has 0 saturated heterocycles. The van der Waals surface area contributed by atoms with E-state index in [9.17, 15) is 4.79 Å². The number of hydrogen-bond donors (Lipinski definition) is 0. The molecule has 0 aliphatic rings. The van der Waals surface area contributed by atoms with Crippen molar-refractivity contribution < 1.29 is 9.53 Å². The summed E-state index contributed by atoms with van der Waals surface area (Å²) in [7, 11) is 0. The minimum absolute atomic E-state index is 0.336. The van der Waals surface area contributed by atoms with E-state index < -0.39 is 5.60 Å². The maximum absolute atomic E-state index is 12.6. The molecule has 140 valence electrons. The van der Waals surface area contributed by atoms with Gasteiger partial charge in [0.05, 0.1) is 16.6 Å². The molecule has 0 fully saturated rings. The maximum atomic E-state index is 12.6. The Morgan fingerprint density at radius 3 is 2.54 bits per heavy atom. The van der Waals surface area contributed by atoms with Gasteiger partial charge in [0.2, 0.25) is 0 Å². The Balaban J connectivity index is 1.95. The number of aryl methyl sites for hydroxylation is 1. The quantitative estimate of drug-likeness (QED) is 0.424. The number of nitrogens with zero attached hydrogens (tertiary/aromatic N) is 2. The summed E-state index contributed by atoms with van der Waals surface area (Å²) in [5.41, 5.74) is 4.70. The number of pyridine rings is 2. The fourth-order valence-electron chi connectivity index (χ4n) is 3.37. The van der Waals surface area contributed by atoms with Crippen molar-refractivity contribution in [3.8, 4) is 11.1 Å². The molecule has 0 N–H and O–H groups in total. The van der Waals surface area contributed by atoms with E-state index in [4.69, 9.17) is 4.74 Å². The van der Waals surface area contributed by atoms with Crippen molar-refractivity contribution in [2.24, 2.45) is 0 Å². The van der Waals surface area contributed by atoms with Crippen LogP contribution < -0.4 is 0 Å². The molecule has 2 heterocycles. The topological polar surface area (TPSA) is 52.1 Å². The van der Waals surface area contributed by atoms with Crippen molar-refractivity contribution in [2.45, 2.75) is 33.3 Å². The number of carbonyl (C=O) groups excluding carboxylic acids is 1. The average molecular weight is 370 g/mol. The van der Waals surface area contributed by atoms with E-state index in [2.05, 4.69) is 16.0 Å². The molecule has 4 heteroatoms. The Kier molecular flexibility index (Phi) is 4.34. The summed E-state index contributed by atoms with van der Waals surface area (Å²) in [5, 5.41) is 1.98. The molecular formula is C24H22N2O2. The number of fused-ring (bicyclic) bond motifs is 2. The van der Waals surface area contributed by atoms with Gasteiger partial charge in [0, 0.05) is 28.2 Å². The first kappa shape index (κ1) is 18.1. The van der Waals surface area contributed by atoms with Crippen LogP contribution in [0.3, 0.4) is 0 Å². The Morgan fingerprint density at radius 1 is 0.964 bits per heavy atom. The first-order chi connectivity index (χ1) is 13.3. The molecule has 4 rings (SSSR count). The normalized spacial score (nSPS) is 11.7. The third kappa shape index (κ3) is 3.46. The molecule has 0 saturated carbocycles. The molecule has 0 unspecified atom stereocenters. The van der Waals surface area contributed by atoms with E-state index in [0.29, 0.717) is 5.56 Å². The van der Waals surface area contributed by atoms with Crippen LogP contribution in [0.4, 0.5) is 0 Å². The monoisotopic (exact) mass is 370 g/mol. The van der Waals surface area contributed by atoms with E-state index in [-0.39, 0.29) is 5.97 Å². The molecule has 0 aliphatic heterocycles. The predicted octanol–water partition coefficient (Wildman–Crippen LogP) is 5.71. The number of aromatic nitrogens is 2. The molecule has 4 nitrogen and oxygen atoms in total. The Bertz CT molecular complexity index is 1200. The SMILES string of the molecule is Cc1cc(-c2cccc3cccnc23)c2cc(C(=O)OC(C)(C)C)ccc2n1. The van der Waals surface area contributed by atoms with Gasteiger partial charge in [-0.15, -0.1) is 0 Å². The van der Waals surface area contributed by atoms with Crippen LogP contribution >= 0.6 is 0 Å². The van der Waals surface area contributed by atoms with Crippen molar-refractivity contribution in [1.29, 1.82) is 0 Å². The van der Waals surface area contributed by atoms with Crippen molar-refractivity contribution in [3.63, 3.8) is 0 Å². The highest BCUT2D eigenvalue weighted by Gasteiger charge is 2.19. The van der Waals surface area contributed by atoms with Gasteiger partial charge >= 0.3 is 5.97 Å². The summed E-state index contributed by atoms with van der Waals surface area (Å²) >= 11 is 0. The Hall–Kier alpha value is -3.27. The lowest BCUT2D eigenvalue weighted by molar-refractivity contribution is 0.00697. The fraction of sp³-hybridized carbons (Fsp3) is 0.208. The van der Waals surface area contributed by atoms with Gasteiger partial charge in [-0.05, 0) is 63.6 Å². The molecule has 0 bridgehead atoms. The molecule has 0 amide bonds. The molecule has 0 aliphatic carbocycles. The van der Waals surface area contributed by atoms with Gasteiger partial charge in [-0.1, -0.05) is 24.3 Å². The second-order valence-electron chi connectivity index (χ2n) is 7.93. The maximum Gasteiger partial charge on any atom is 0.338 e. The summed E-state index contributed by atoms with van der Waals surface area (Å²) in [6, 6.07) is 17.7. The van der Waals surface area contributed by atoms with Crippen LogP contribution in [-0.2, 0) is 4.74 Å². The highest BCUT2D eigenvalue weighted by atomic mass is 16.6. The fourth-order valence-corrected chi connectivity index (χ4v) is 3.37. The summed E-state index contributed by atoms with van der Waals surface area (Å²) < 4.78 is 5.54. The van der Waals surface area contributed by atoms with Crippen molar-refractivity contribution in [3.05, 3.63) is 72.1 Å². The lowest BCUT2D eigenvalue weighted by atomic mass is 9.96. The van der Waals surface area contributed by atoms with Gasteiger partial charge in [0.1, 0.15) is 5.60 Å². The Labute approximate surface area is 164 Å². The van der Waals surface area contributed by atoms with Gasteiger partial charge in [-0.3, -0.25) is 9.97 Å². The van der Waals surface area contributed by atoms with Crippen LogP contribution in [0.5, 0.6) is 0 Å². The lowest BCUT2D eigenvalue weighted by Gasteiger charge is -2.19. The van der Waals surface area contributed by atoms with E-state index in [1.165, 1.54) is 0 Å². The van der Waals surface area contributed by atoms with Crippen LogP contribution in [0.15, 0.2) is 60.8 Å². The van der Waals surface area contributed by atoms with Crippen LogP contribution in [-0.4, -0.2) is 21.5 Å². The molecule has 28 heavy (non-hydrogen) atoms. The Morgan fingerprint density at radius 2 is 1.75 bits per heavy atom. The molecule has 2 aromatic heterocycles.